The van der Waals surface area contributed by atoms with Gasteiger partial charge in [-0.1, -0.05) is 18.2 Å². The second-order valence-electron chi connectivity index (χ2n) is 5.43. The Kier molecular flexibility index (Phi) is 3.97. The molecule has 21 heavy (non-hydrogen) atoms. The molecule has 1 fully saturated rings. The van der Waals surface area contributed by atoms with Gasteiger partial charge in [0.25, 0.3) is 0 Å². The molecule has 2 aromatic rings. The molecule has 1 atom stereocenters. The third kappa shape index (κ3) is 3.10. The van der Waals surface area contributed by atoms with Crippen molar-refractivity contribution in [2.75, 3.05) is 6.54 Å². The third-order valence-electron chi connectivity index (χ3n) is 3.88. The highest BCUT2D eigenvalue weighted by Gasteiger charge is 2.18. The lowest BCUT2D eigenvalue weighted by Gasteiger charge is -2.13. The summed E-state index contributed by atoms with van der Waals surface area (Å²) in [5.74, 6) is -1.80. The number of hydrogen-bond acceptors (Lipinski definition) is 1. The maximum Gasteiger partial charge on any atom is 0.134 e. The molecule has 0 radical (unpaired) electrons. The van der Waals surface area contributed by atoms with Crippen molar-refractivity contribution in [3.63, 3.8) is 0 Å². The molecule has 0 amide bonds. The summed E-state index contributed by atoms with van der Waals surface area (Å²) in [5.41, 5.74) is 1.05. The zero-order valence-electron chi connectivity index (χ0n) is 11.5. The Labute approximate surface area is 121 Å². The van der Waals surface area contributed by atoms with E-state index in [2.05, 4.69) is 5.32 Å². The van der Waals surface area contributed by atoms with Crippen LogP contribution in [0.25, 0.3) is 11.1 Å². The molecule has 1 nitrogen and oxygen atoms in total. The van der Waals surface area contributed by atoms with Gasteiger partial charge in [0.05, 0.1) is 0 Å². The lowest BCUT2D eigenvalue weighted by molar-refractivity contribution is 0.561. The minimum absolute atomic E-state index is 0.228. The van der Waals surface area contributed by atoms with Gasteiger partial charge in [-0.2, -0.15) is 0 Å². The van der Waals surface area contributed by atoms with Crippen LogP contribution in [0.3, 0.4) is 0 Å². The highest BCUT2D eigenvalue weighted by Crippen LogP contribution is 2.27. The fraction of sp³-hybridized carbons (Fsp3) is 0.294. The van der Waals surface area contributed by atoms with Gasteiger partial charge in [-0.15, -0.1) is 0 Å². The average molecular weight is 291 g/mol. The van der Waals surface area contributed by atoms with Gasteiger partial charge in [0.1, 0.15) is 17.5 Å². The van der Waals surface area contributed by atoms with E-state index in [0.717, 1.165) is 37.6 Å². The SMILES string of the molecule is Fc1cc(F)cc(-c2cccc(CC3CCCN3)c2F)c1. The van der Waals surface area contributed by atoms with Crippen LogP contribution in [0, 0.1) is 17.5 Å². The van der Waals surface area contributed by atoms with Crippen LogP contribution < -0.4 is 5.32 Å². The van der Waals surface area contributed by atoms with E-state index in [-0.39, 0.29) is 17.2 Å². The zero-order chi connectivity index (χ0) is 14.8. The molecule has 110 valence electrons. The van der Waals surface area contributed by atoms with E-state index in [1.165, 1.54) is 0 Å². The molecule has 1 unspecified atom stereocenters. The summed E-state index contributed by atoms with van der Waals surface area (Å²) >= 11 is 0. The lowest BCUT2D eigenvalue weighted by Crippen LogP contribution is -2.24. The van der Waals surface area contributed by atoms with Crippen molar-refractivity contribution in [1.82, 2.24) is 5.32 Å². The number of rotatable bonds is 3. The molecule has 0 bridgehead atoms. The molecule has 0 aromatic heterocycles. The van der Waals surface area contributed by atoms with E-state index >= 15 is 0 Å². The summed E-state index contributed by atoms with van der Waals surface area (Å²) < 4.78 is 41.2. The fourth-order valence-corrected chi connectivity index (χ4v) is 2.87. The normalized spacial score (nSPS) is 18.1. The van der Waals surface area contributed by atoms with Crippen molar-refractivity contribution in [2.24, 2.45) is 0 Å². The summed E-state index contributed by atoms with van der Waals surface area (Å²) in [6.45, 7) is 0.959. The Morgan fingerprint density at radius 1 is 1.05 bits per heavy atom. The number of halogens is 3. The summed E-state index contributed by atoms with van der Waals surface area (Å²) in [6, 6.07) is 8.38. The van der Waals surface area contributed by atoms with E-state index in [4.69, 9.17) is 0 Å². The Bertz CT molecular complexity index is 628. The van der Waals surface area contributed by atoms with Crippen LogP contribution in [0.15, 0.2) is 36.4 Å². The number of benzene rings is 2. The fourth-order valence-electron chi connectivity index (χ4n) is 2.87. The van der Waals surface area contributed by atoms with Crippen LogP contribution in [0.2, 0.25) is 0 Å². The largest absolute Gasteiger partial charge is 0.314 e. The molecule has 2 aromatic carbocycles. The van der Waals surface area contributed by atoms with Crippen LogP contribution in [0.5, 0.6) is 0 Å². The van der Waals surface area contributed by atoms with Gasteiger partial charge in [-0.05, 0) is 49.1 Å². The monoisotopic (exact) mass is 291 g/mol. The first kappa shape index (κ1) is 14.1. The maximum atomic E-state index is 14.6. The first-order valence-electron chi connectivity index (χ1n) is 7.11. The van der Waals surface area contributed by atoms with Gasteiger partial charge >= 0.3 is 0 Å². The van der Waals surface area contributed by atoms with Gasteiger partial charge < -0.3 is 5.32 Å². The predicted molar refractivity (Wildman–Crippen MR) is 76.5 cm³/mol. The topological polar surface area (TPSA) is 12.0 Å². The molecule has 4 heteroatoms. The highest BCUT2D eigenvalue weighted by atomic mass is 19.1. The second kappa shape index (κ2) is 5.90. The molecule has 0 aliphatic carbocycles. The van der Waals surface area contributed by atoms with E-state index in [9.17, 15) is 13.2 Å². The summed E-state index contributed by atoms with van der Waals surface area (Å²) in [5, 5.41) is 3.32. The quantitative estimate of drug-likeness (QED) is 0.899. The maximum absolute atomic E-state index is 14.6. The standard InChI is InChI=1S/C17H16F3N/c18-13-7-12(8-14(19)10-13)16-5-1-3-11(17(16)20)9-15-4-2-6-21-15/h1,3,5,7-8,10,15,21H,2,4,6,9H2. The van der Waals surface area contributed by atoms with Gasteiger partial charge in [0, 0.05) is 17.7 Å². The molecule has 1 saturated heterocycles. The van der Waals surface area contributed by atoms with Crippen LogP contribution in [0.1, 0.15) is 18.4 Å². The lowest BCUT2D eigenvalue weighted by atomic mass is 9.97. The van der Waals surface area contributed by atoms with Crippen molar-refractivity contribution in [2.45, 2.75) is 25.3 Å². The minimum Gasteiger partial charge on any atom is -0.314 e. The minimum atomic E-state index is -0.702. The predicted octanol–water partition coefficient (Wildman–Crippen LogP) is 4.07. The Hall–Kier alpha value is -1.81. The third-order valence-corrected chi connectivity index (χ3v) is 3.88. The molecular formula is C17H16F3N. The summed E-state index contributed by atoms with van der Waals surface area (Å²) in [6.07, 6.45) is 2.72. The Balaban J connectivity index is 1.95. The van der Waals surface area contributed by atoms with Crippen LogP contribution in [0.4, 0.5) is 13.2 Å². The van der Waals surface area contributed by atoms with Crippen molar-refractivity contribution >= 4 is 0 Å². The molecule has 1 aliphatic heterocycles. The summed E-state index contributed by atoms with van der Waals surface area (Å²) in [7, 11) is 0. The summed E-state index contributed by atoms with van der Waals surface area (Å²) in [4.78, 5) is 0. The van der Waals surface area contributed by atoms with Crippen LogP contribution in [-0.4, -0.2) is 12.6 Å². The molecule has 1 aliphatic rings. The smallest absolute Gasteiger partial charge is 0.134 e. The zero-order valence-corrected chi connectivity index (χ0v) is 11.5. The van der Waals surface area contributed by atoms with E-state index in [0.29, 0.717) is 12.0 Å². The highest BCUT2D eigenvalue weighted by molar-refractivity contribution is 5.65. The van der Waals surface area contributed by atoms with Gasteiger partial charge in [-0.25, -0.2) is 13.2 Å². The molecular weight excluding hydrogens is 275 g/mol. The van der Waals surface area contributed by atoms with Crippen molar-refractivity contribution < 1.29 is 13.2 Å². The van der Waals surface area contributed by atoms with E-state index < -0.39 is 17.5 Å². The molecule has 3 rings (SSSR count). The van der Waals surface area contributed by atoms with Gasteiger partial charge in [0.15, 0.2) is 0 Å². The second-order valence-corrected chi connectivity index (χ2v) is 5.43. The van der Waals surface area contributed by atoms with Crippen molar-refractivity contribution in [3.8, 4) is 11.1 Å². The van der Waals surface area contributed by atoms with Gasteiger partial charge in [0.2, 0.25) is 0 Å². The van der Waals surface area contributed by atoms with Crippen molar-refractivity contribution in [1.29, 1.82) is 0 Å². The number of nitrogens with one attached hydrogen (secondary N) is 1. The Morgan fingerprint density at radius 2 is 1.81 bits per heavy atom. The van der Waals surface area contributed by atoms with E-state index in [1.54, 1.807) is 18.2 Å². The first-order valence-corrected chi connectivity index (χ1v) is 7.11. The van der Waals surface area contributed by atoms with E-state index in [1.807, 2.05) is 0 Å². The van der Waals surface area contributed by atoms with Crippen LogP contribution in [-0.2, 0) is 6.42 Å². The Morgan fingerprint density at radius 3 is 2.48 bits per heavy atom. The van der Waals surface area contributed by atoms with Crippen molar-refractivity contribution in [3.05, 3.63) is 59.4 Å². The average Bonchev–Trinajstić information content (AvgIpc) is 2.93. The molecule has 0 spiro atoms. The van der Waals surface area contributed by atoms with Gasteiger partial charge in [-0.3, -0.25) is 0 Å². The first-order chi connectivity index (χ1) is 10.1. The molecule has 1 heterocycles. The molecule has 0 saturated carbocycles. The van der Waals surface area contributed by atoms with Crippen LogP contribution >= 0.6 is 0 Å². The molecule has 1 N–H and O–H groups in total. The number of hydrogen-bond donors (Lipinski definition) is 1.